The van der Waals surface area contributed by atoms with Crippen LogP contribution in [-0.2, 0) is 0 Å². The van der Waals surface area contributed by atoms with Crippen molar-refractivity contribution in [2.24, 2.45) is 5.92 Å². The molecule has 0 heterocycles. The number of nitrogens with zero attached hydrogens (tertiary/aromatic N) is 1. The third kappa shape index (κ3) is 2.63. The highest BCUT2D eigenvalue weighted by Crippen LogP contribution is 2.19. The van der Waals surface area contributed by atoms with E-state index in [9.17, 15) is 9.18 Å². The Kier molecular flexibility index (Phi) is 3.98. The summed E-state index contributed by atoms with van der Waals surface area (Å²) in [4.78, 5) is 11.7. The summed E-state index contributed by atoms with van der Waals surface area (Å²) in [6.07, 6.45) is 0.438. The van der Waals surface area contributed by atoms with Gasteiger partial charge in [-0.2, -0.15) is 5.26 Å². The zero-order valence-corrected chi connectivity index (χ0v) is 9.71. The molecule has 1 aromatic carbocycles. The van der Waals surface area contributed by atoms with E-state index in [-0.39, 0.29) is 11.3 Å². The van der Waals surface area contributed by atoms with Gasteiger partial charge in [-0.05, 0) is 34.5 Å². The zero-order valence-electron chi connectivity index (χ0n) is 8.13. The van der Waals surface area contributed by atoms with Crippen LogP contribution in [0.1, 0.15) is 23.7 Å². The minimum Gasteiger partial charge on any atom is -0.293 e. The minimum atomic E-state index is -0.689. The van der Waals surface area contributed by atoms with Gasteiger partial charge in [0.2, 0.25) is 0 Å². The van der Waals surface area contributed by atoms with Gasteiger partial charge in [0, 0.05) is 5.56 Å². The lowest BCUT2D eigenvalue weighted by Gasteiger charge is -2.05. The monoisotopic (exact) mass is 269 g/mol. The highest BCUT2D eigenvalue weighted by Gasteiger charge is 2.18. The van der Waals surface area contributed by atoms with Crippen molar-refractivity contribution in [3.63, 3.8) is 0 Å². The van der Waals surface area contributed by atoms with E-state index in [0.717, 1.165) is 6.07 Å². The van der Waals surface area contributed by atoms with Crippen LogP contribution in [0.2, 0.25) is 0 Å². The van der Waals surface area contributed by atoms with E-state index in [0.29, 0.717) is 10.9 Å². The number of benzene rings is 1. The maximum absolute atomic E-state index is 13.1. The van der Waals surface area contributed by atoms with E-state index in [1.165, 1.54) is 12.1 Å². The highest BCUT2D eigenvalue weighted by atomic mass is 79.9. The molecule has 1 atom stereocenters. The van der Waals surface area contributed by atoms with Crippen molar-refractivity contribution in [1.29, 1.82) is 5.26 Å². The first-order chi connectivity index (χ1) is 7.10. The number of carbonyl (C=O) groups is 1. The van der Waals surface area contributed by atoms with E-state index in [4.69, 9.17) is 5.26 Å². The first-order valence-electron chi connectivity index (χ1n) is 4.49. The number of halogens is 2. The molecule has 0 radical (unpaired) electrons. The molecule has 1 aromatic rings. The summed E-state index contributed by atoms with van der Waals surface area (Å²) >= 11 is 3.00. The predicted molar refractivity (Wildman–Crippen MR) is 57.8 cm³/mol. The topological polar surface area (TPSA) is 40.9 Å². The largest absolute Gasteiger partial charge is 0.293 e. The standard InChI is InChI=1S/C11H9BrFNO/c1-2-7(6-14)11(15)8-3-4-9(12)10(13)5-8/h3-5,7H,2H2,1H3. The van der Waals surface area contributed by atoms with Crippen molar-refractivity contribution >= 4 is 21.7 Å². The molecule has 0 saturated heterocycles. The SMILES string of the molecule is CCC(C#N)C(=O)c1ccc(Br)c(F)c1. The van der Waals surface area contributed by atoms with E-state index in [2.05, 4.69) is 15.9 Å². The van der Waals surface area contributed by atoms with Gasteiger partial charge in [0.05, 0.1) is 10.5 Å². The Bertz CT molecular complexity index is 425. The van der Waals surface area contributed by atoms with Gasteiger partial charge in [-0.15, -0.1) is 0 Å². The van der Waals surface area contributed by atoms with Gasteiger partial charge in [-0.25, -0.2) is 4.39 Å². The average Bonchev–Trinajstić information content (AvgIpc) is 2.23. The van der Waals surface area contributed by atoms with Crippen molar-refractivity contribution in [2.75, 3.05) is 0 Å². The van der Waals surface area contributed by atoms with Crippen LogP contribution in [-0.4, -0.2) is 5.78 Å². The third-order valence-electron chi connectivity index (χ3n) is 2.08. The van der Waals surface area contributed by atoms with Gasteiger partial charge in [0.15, 0.2) is 5.78 Å². The lowest BCUT2D eigenvalue weighted by molar-refractivity contribution is 0.0946. The number of ketones is 1. The second-order valence-corrected chi connectivity index (χ2v) is 3.94. The van der Waals surface area contributed by atoms with Crippen LogP contribution in [0.15, 0.2) is 22.7 Å². The minimum absolute atomic E-state index is 0.240. The molecule has 1 unspecified atom stereocenters. The lowest BCUT2D eigenvalue weighted by Crippen LogP contribution is -2.12. The molecule has 0 fully saturated rings. The Hall–Kier alpha value is -1.21. The highest BCUT2D eigenvalue weighted by molar-refractivity contribution is 9.10. The summed E-state index contributed by atoms with van der Waals surface area (Å²) in [5.41, 5.74) is 0.240. The van der Waals surface area contributed by atoms with Crippen LogP contribution >= 0.6 is 15.9 Å². The van der Waals surface area contributed by atoms with Gasteiger partial charge >= 0.3 is 0 Å². The fourth-order valence-corrected chi connectivity index (χ4v) is 1.43. The van der Waals surface area contributed by atoms with Crippen LogP contribution in [0.3, 0.4) is 0 Å². The Balaban J connectivity index is 3.02. The summed E-state index contributed by atoms with van der Waals surface area (Å²) in [5.74, 6) is -1.51. The van der Waals surface area contributed by atoms with Crippen LogP contribution in [0.5, 0.6) is 0 Å². The molecule has 0 aliphatic carbocycles. The molecule has 2 nitrogen and oxygen atoms in total. The van der Waals surface area contributed by atoms with Crippen LogP contribution in [0, 0.1) is 23.1 Å². The summed E-state index contributed by atoms with van der Waals surface area (Å²) < 4.78 is 13.4. The molecular formula is C11H9BrFNO. The van der Waals surface area contributed by atoms with Crippen molar-refractivity contribution in [3.05, 3.63) is 34.1 Å². The molecule has 0 aliphatic rings. The van der Waals surface area contributed by atoms with Crippen LogP contribution < -0.4 is 0 Å². The Morgan fingerprint density at radius 1 is 1.67 bits per heavy atom. The Morgan fingerprint density at radius 2 is 2.33 bits per heavy atom. The summed E-state index contributed by atoms with van der Waals surface area (Å²) in [5, 5.41) is 8.71. The maximum Gasteiger partial charge on any atom is 0.180 e. The van der Waals surface area contributed by atoms with E-state index in [1.807, 2.05) is 6.07 Å². The first-order valence-corrected chi connectivity index (χ1v) is 5.28. The zero-order chi connectivity index (χ0) is 11.4. The number of nitriles is 1. The average molecular weight is 270 g/mol. The number of Topliss-reactive ketones (excluding diaryl/α,β-unsaturated/α-hetero) is 1. The van der Waals surface area contributed by atoms with Crippen LogP contribution in [0.4, 0.5) is 4.39 Å². The number of hydrogen-bond acceptors (Lipinski definition) is 2. The van der Waals surface area contributed by atoms with Crippen molar-refractivity contribution < 1.29 is 9.18 Å². The molecule has 0 N–H and O–H groups in total. The second kappa shape index (κ2) is 5.04. The Labute approximate surface area is 95.8 Å². The van der Waals surface area contributed by atoms with Gasteiger partial charge in [0.25, 0.3) is 0 Å². The third-order valence-corrected chi connectivity index (χ3v) is 2.73. The van der Waals surface area contributed by atoms with Gasteiger partial charge in [-0.1, -0.05) is 13.0 Å². The fraction of sp³-hybridized carbons (Fsp3) is 0.273. The molecular weight excluding hydrogens is 261 g/mol. The van der Waals surface area contributed by atoms with E-state index >= 15 is 0 Å². The van der Waals surface area contributed by atoms with Crippen molar-refractivity contribution in [2.45, 2.75) is 13.3 Å². The molecule has 0 bridgehead atoms. The quantitative estimate of drug-likeness (QED) is 0.790. The molecule has 78 valence electrons. The number of hydrogen-bond donors (Lipinski definition) is 0. The summed E-state index contributed by atoms with van der Waals surface area (Å²) in [7, 11) is 0. The summed E-state index contributed by atoms with van der Waals surface area (Å²) in [6.45, 7) is 1.75. The van der Waals surface area contributed by atoms with Gasteiger partial charge in [0.1, 0.15) is 11.7 Å². The van der Waals surface area contributed by atoms with Crippen molar-refractivity contribution in [1.82, 2.24) is 0 Å². The second-order valence-electron chi connectivity index (χ2n) is 3.08. The molecule has 0 amide bonds. The Morgan fingerprint density at radius 3 is 2.80 bits per heavy atom. The fourth-order valence-electron chi connectivity index (χ4n) is 1.19. The molecule has 0 aromatic heterocycles. The molecule has 0 spiro atoms. The van der Waals surface area contributed by atoms with E-state index < -0.39 is 11.7 Å². The number of rotatable bonds is 3. The molecule has 4 heteroatoms. The molecule has 15 heavy (non-hydrogen) atoms. The molecule has 0 saturated carbocycles. The number of carbonyl (C=O) groups excluding carboxylic acids is 1. The van der Waals surface area contributed by atoms with Gasteiger partial charge < -0.3 is 0 Å². The smallest absolute Gasteiger partial charge is 0.180 e. The van der Waals surface area contributed by atoms with Crippen molar-refractivity contribution in [3.8, 4) is 6.07 Å². The van der Waals surface area contributed by atoms with Crippen LogP contribution in [0.25, 0.3) is 0 Å². The normalized spacial score (nSPS) is 11.9. The maximum atomic E-state index is 13.1. The predicted octanol–water partition coefficient (Wildman–Crippen LogP) is 3.32. The molecule has 1 rings (SSSR count). The molecule has 0 aliphatic heterocycles. The first kappa shape index (κ1) is 11.9. The van der Waals surface area contributed by atoms with Gasteiger partial charge in [-0.3, -0.25) is 4.79 Å². The van der Waals surface area contributed by atoms with E-state index in [1.54, 1.807) is 6.92 Å². The summed E-state index contributed by atoms with van der Waals surface area (Å²) in [6, 6.07) is 6.02. The lowest BCUT2D eigenvalue weighted by atomic mass is 9.97.